The third-order valence-corrected chi connectivity index (χ3v) is 3.33. The van der Waals surface area contributed by atoms with Crippen LogP contribution in [0.3, 0.4) is 0 Å². The fourth-order valence-corrected chi connectivity index (χ4v) is 2.24. The minimum atomic E-state index is 0.913. The van der Waals surface area contributed by atoms with Crippen LogP contribution in [0.4, 0.5) is 0 Å². The predicted molar refractivity (Wildman–Crippen MR) is 70.5 cm³/mol. The molecule has 0 aromatic carbocycles. The zero-order valence-corrected chi connectivity index (χ0v) is 10.8. The first-order chi connectivity index (χ1) is 8.00. The quantitative estimate of drug-likeness (QED) is 0.548. The van der Waals surface area contributed by atoms with Gasteiger partial charge in [-0.1, -0.05) is 57.8 Å². The molecule has 1 heteroatoms. The smallest absolute Gasteiger partial charge is 0.0873 e. The average Bonchev–Trinajstić information content (AvgIpc) is 2.29. The van der Waals surface area contributed by atoms with Crippen molar-refractivity contribution in [3.05, 3.63) is 12.3 Å². The van der Waals surface area contributed by atoms with Gasteiger partial charge in [0.25, 0.3) is 0 Å². The van der Waals surface area contributed by atoms with Crippen LogP contribution in [0.25, 0.3) is 0 Å². The highest BCUT2D eigenvalue weighted by Crippen LogP contribution is 2.12. The SMILES string of the molecule is C1=C\OCCCCCCCCCCCCC/1. The van der Waals surface area contributed by atoms with Crippen LogP contribution in [0.5, 0.6) is 0 Å². The van der Waals surface area contributed by atoms with Crippen LogP contribution in [0.1, 0.15) is 77.0 Å². The molecule has 0 fully saturated rings. The Kier molecular flexibility index (Phi) is 9.39. The van der Waals surface area contributed by atoms with Crippen LogP contribution < -0.4 is 0 Å². The molecule has 94 valence electrons. The molecule has 0 radical (unpaired) electrons. The maximum atomic E-state index is 5.45. The second-order valence-electron chi connectivity index (χ2n) is 4.92. The third-order valence-electron chi connectivity index (χ3n) is 3.33. The van der Waals surface area contributed by atoms with E-state index >= 15 is 0 Å². The predicted octanol–water partition coefficient (Wildman–Crippen LogP) is 5.21. The number of hydrogen-bond acceptors (Lipinski definition) is 1. The summed E-state index contributed by atoms with van der Waals surface area (Å²) in [6, 6.07) is 0. The molecule has 16 heavy (non-hydrogen) atoms. The summed E-state index contributed by atoms with van der Waals surface area (Å²) in [4.78, 5) is 0. The van der Waals surface area contributed by atoms with E-state index in [0.717, 1.165) is 6.61 Å². The van der Waals surface area contributed by atoms with Gasteiger partial charge in [-0.25, -0.2) is 0 Å². The Hall–Kier alpha value is -0.460. The van der Waals surface area contributed by atoms with Gasteiger partial charge in [0.05, 0.1) is 12.9 Å². The summed E-state index contributed by atoms with van der Waals surface area (Å²) < 4.78 is 5.45. The normalized spacial score (nSPS) is 24.5. The minimum Gasteiger partial charge on any atom is -0.502 e. The highest BCUT2D eigenvalue weighted by Gasteiger charge is 1.94. The highest BCUT2D eigenvalue weighted by molar-refractivity contribution is 4.73. The molecule has 0 unspecified atom stereocenters. The van der Waals surface area contributed by atoms with Gasteiger partial charge in [0.15, 0.2) is 0 Å². The monoisotopic (exact) mass is 224 g/mol. The van der Waals surface area contributed by atoms with Crippen LogP contribution in [0, 0.1) is 0 Å². The highest BCUT2D eigenvalue weighted by atomic mass is 16.5. The van der Waals surface area contributed by atoms with Gasteiger partial charge in [0, 0.05) is 0 Å². The van der Waals surface area contributed by atoms with E-state index in [4.69, 9.17) is 4.74 Å². The maximum absolute atomic E-state index is 5.45. The van der Waals surface area contributed by atoms with E-state index in [1.54, 1.807) is 0 Å². The molecule has 0 spiro atoms. The van der Waals surface area contributed by atoms with Gasteiger partial charge < -0.3 is 4.74 Å². The summed E-state index contributed by atoms with van der Waals surface area (Å²) in [6.07, 6.45) is 20.6. The fourth-order valence-electron chi connectivity index (χ4n) is 2.24. The largest absolute Gasteiger partial charge is 0.502 e. The van der Waals surface area contributed by atoms with E-state index in [1.807, 2.05) is 6.26 Å². The molecule has 0 aliphatic carbocycles. The molecule has 0 amide bonds. The Morgan fingerprint density at radius 3 is 1.69 bits per heavy atom. The van der Waals surface area contributed by atoms with Gasteiger partial charge in [-0.05, 0) is 25.3 Å². The van der Waals surface area contributed by atoms with Gasteiger partial charge in [0.1, 0.15) is 0 Å². The molecular weight excluding hydrogens is 196 g/mol. The number of ether oxygens (including phenoxy) is 1. The Labute approximate surface area is 101 Å². The first kappa shape index (κ1) is 13.6. The van der Waals surface area contributed by atoms with Crippen molar-refractivity contribution < 1.29 is 4.74 Å². The molecule has 0 aromatic heterocycles. The molecule has 1 aliphatic heterocycles. The Bertz CT molecular complexity index is 145. The van der Waals surface area contributed by atoms with E-state index in [-0.39, 0.29) is 0 Å². The Morgan fingerprint density at radius 2 is 1.06 bits per heavy atom. The van der Waals surface area contributed by atoms with Crippen LogP contribution in [-0.2, 0) is 4.74 Å². The summed E-state index contributed by atoms with van der Waals surface area (Å²) in [5, 5.41) is 0. The molecule has 0 saturated carbocycles. The Balaban J connectivity index is 2.07. The van der Waals surface area contributed by atoms with Crippen molar-refractivity contribution in [2.24, 2.45) is 0 Å². The lowest BCUT2D eigenvalue weighted by atomic mass is 10.1. The summed E-state index contributed by atoms with van der Waals surface area (Å²) >= 11 is 0. The Morgan fingerprint density at radius 1 is 0.562 bits per heavy atom. The van der Waals surface area contributed by atoms with E-state index in [2.05, 4.69) is 6.08 Å². The standard InChI is InChI=1S/C15H28O/c1-2-4-6-8-10-12-14-16-15-13-11-9-7-5-3-1/h12,14H,1-11,13,15H2/b14-12-. The van der Waals surface area contributed by atoms with Gasteiger partial charge >= 0.3 is 0 Å². The molecule has 1 rings (SSSR count). The van der Waals surface area contributed by atoms with E-state index in [9.17, 15) is 0 Å². The molecule has 1 aliphatic rings. The van der Waals surface area contributed by atoms with Gasteiger partial charge in [-0.15, -0.1) is 0 Å². The van der Waals surface area contributed by atoms with Gasteiger partial charge in [-0.2, -0.15) is 0 Å². The average molecular weight is 224 g/mol. The number of allylic oxidation sites excluding steroid dienone is 1. The zero-order valence-electron chi connectivity index (χ0n) is 10.8. The molecular formula is C15H28O. The molecule has 0 bridgehead atoms. The second kappa shape index (κ2) is 11.0. The molecule has 1 nitrogen and oxygen atoms in total. The van der Waals surface area contributed by atoms with E-state index in [0.29, 0.717) is 0 Å². The van der Waals surface area contributed by atoms with Crippen molar-refractivity contribution >= 4 is 0 Å². The van der Waals surface area contributed by atoms with Crippen molar-refractivity contribution in [1.82, 2.24) is 0 Å². The van der Waals surface area contributed by atoms with E-state index in [1.165, 1.54) is 77.0 Å². The van der Waals surface area contributed by atoms with Crippen molar-refractivity contribution in [3.63, 3.8) is 0 Å². The lowest BCUT2D eigenvalue weighted by Crippen LogP contribution is -1.89. The van der Waals surface area contributed by atoms with Crippen molar-refractivity contribution in [2.45, 2.75) is 77.0 Å². The first-order valence-electron chi connectivity index (χ1n) is 7.27. The maximum Gasteiger partial charge on any atom is 0.0873 e. The minimum absolute atomic E-state index is 0.913. The summed E-state index contributed by atoms with van der Waals surface area (Å²) in [5.41, 5.74) is 0. The van der Waals surface area contributed by atoms with Crippen LogP contribution in [0.2, 0.25) is 0 Å². The molecule has 0 saturated heterocycles. The van der Waals surface area contributed by atoms with Crippen molar-refractivity contribution in [3.8, 4) is 0 Å². The topological polar surface area (TPSA) is 9.23 Å². The summed E-state index contributed by atoms with van der Waals surface area (Å²) in [5.74, 6) is 0. The summed E-state index contributed by atoms with van der Waals surface area (Å²) in [7, 11) is 0. The lowest BCUT2D eigenvalue weighted by molar-refractivity contribution is 0.239. The fraction of sp³-hybridized carbons (Fsp3) is 0.867. The molecule has 0 N–H and O–H groups in total. The number of rotatable bonds is 0. The van der Waals surface area contributed by atoms with E-state index < -0.39 is 0 Å². The molecule has 0 atom stereocenters. The second-order valence-corrected chi connectivity index (χ2v) is 4.92. The lowest BCUT2D eigenvalue weighted by Gasteiger charge is -2.04. The van der Waals surface area contributed by atoms with Gasteiger partial charge in [0.2, 0.25) is 0 Å². The van der Waals surface area contributed by atoms with Gasteiger partial charge in [-0.3, -0.25) is 0 Å². The molecule has 1 heterocycles. The van der Waals surface area contributed by atoms with Crippen LogP contribution in [-0.4, -0.2) is 6.61 Å². The van der Waals surface area contributed by atoms with Crippen LogP contribution in [0.15, 0.2) is 12.3 Å². The zero-order chi connectivity index (χ0) is 11.3. The van der Waals surface area contributed by atoms with Crippen molar-refractivity contribution in [1.29, 1.82) is 0 Å². The van der Waals surface area contributed by atoms with Crippen LogP contribution >= 0.6 is 0 Å². The number of hydrogen-bond donors (Lipinski definition) is 0. The first-order valence-corrected chi connectivity index (χ1v) is 7.27. The molecule has 0 aromatic rings. The third kappa shape index (κ3) is 8.82. The van der Waals surface area contributed by atoms with Crippen molar-refractivity contribution in [2.75, 3.05) is 6.61 Å². The summed E-state index contributed by atoms with van der Waals surface area (Å²) in [6.45, 7) is 0.913.